The molecule has 0 spiro atoms. The number of carbonyl (C=O) groups is 3. The Labute approximate surface area is 413 Å². The van der Waals surface area contributed by atoms with E-state index in [1.807, 2.05) is 0 Å². The number of ether oxygens (including phenoxy) is 1. The smallest absolute Gasteiger partial charge is 0.313 e. The first-order valence-corrected chi connectivity index (χ1v) is 29.7. The molecule has 0 aromatic rings. The van der Waals surface area contributed by atoms with Gasteiger partial charge in [-0.1, -0.05) is 277 Å². The molecule has 0 aliphatic rings. The lowest BCUT2D eigenvalue weighted by Gasteiger charge is -2.11. The second-order valence-electron chi connectivity index (χ2n) is 20.1. The van der Waals surface area contributed by atoms with Crippen LogP contribution in [0, 0.1) is 5.92 Å². The van der Waals surface area contributed by atoms with Crippen LogP contribution in [0.1, 0.15) is 342 Å². The van der Waals surface area contributed by atoms with Crippen molar-refractivity contribution in [3.63, 3.8) is 0 Å². The summed E-state index contributed by atoms with van der Waals surface area (Å²) in [5, 5.41) is 9.30. The van der Waals surface area contributed by atoms with Gasteiger partial charge in [0.05, 0.1) is 5.92 Å². The number of rotatable bonds is 52. The van der Waals surface area contributed by atoms with Crippen molar-refractivity contribution in [2.24, 2.45) is 5.92 Å². The lowest BCUT2D eigenvalue weighted by molar-refractivity contribution is -0.159. The Kier molecular flexibility index (Phi) is 59.4. The highest BCUT2D eigenvalue weighted by Gasteiger charge is 2.16. The summed E-state index contributed by atoms with van der Waals surface area (Å²) in [4.78, 5) is 35.1. The van der Waals surface area contributed by atoms with Gasteiger partial charge in [0.2, 0.25) is 0 Å². The Hall–Kier alpha value is -1.91. The maximum absolute atomic E-state index is 11.9. The Bertz CT molecular complexity index is 983. The van der Waals surface area contributed by atoms with Crippen molar-refractivity contribution < 1.29 is 24.2 Å². The van der Waals surface area contributed by atoms with E-state index >= 15 is 0 Å². The minimum absolute atomic E-state index is 0.0943. The average molecular weight is 930 g/mol. The fourth-order valence-electron chi connectivity index (χ4n) is 8.88. The maximum atomic E-state index is 11.9. The van der Waals surface area contributed by atoms with E-state index in [0.29, 0.717) is 12.8 Å². The number of allylic oxidation sites excluding steroid dienone is 4. The molecule has 0 radical (unpaired) electrons. The Morgan fingerprint density at radius 3 is 0.803 bits per heavy atom. The number of esters is 2. The molecule has 0 fully saturated rings. The highest BCUT2D eigenvalue weighted by molar-refractivity contribution is 5.85. The highest BCUT2D eigenvalue weighted by Crippen LogP contribution is 2.20. The van der Waals surface area contributed by atoms with Crippen molar-refractivity contribution in [2.75, 3.05) is 0 Å². The average Bonchev–Trinajstić information content (AvgIpc) is 3.31. The van der Waals surface area contributed by atoms with E-state index < -0.39 is 5.97 Å². The molecular weight excluding hydrogens is 813 g/mol. The molecule has 0 rings (SSSR count). The van der Waals surface area contributed by atoms with Crippen LogP contribution < -0.4 is 0 Å². The molecule has 390 valence electrons. The van der Waals surface area contributed by atoms with Gasteiger partial charge in [0, 0.05) is 12.8 Å². The molecular formula is C61H116O5. The zero-order valence-electron chi connectivity index (χ0n) is 45.1. The molecule has 0 heterocycles. The van der Waals surface area contributed by atoms with E-state index in [1.54, 1.807) is 0 Å². The molecule has 1 unspecified atom stereocenters. The van der Waals surface area contributed by atoms with E-state index in [-0.39, 0.29) is 17.9 Å². The fourth-order valence-corrected chi connectivity index (χ4v) is 8.88. The topological polar surface area (TPSA) is 80.7 Å². The zero-order valence-corrected chi connectivity index (χ0v) is 45.1. The first-order chi connectivity index (χ1) is 32.4. The zero-order chi connectivity index (χ0) is 48.5. The maximum Gasteiger partial charge on any atom is 0.313 e. The Morgan fingerprint density at radius 2 is 0.530 bits per heavy atom. The minimum Gasteiger partial charge on any atom is -0.481 e. The summed E-state index contributed by atoms with van der Waals surface area (Å²) in [6.45, 7) is 8.98. The van der Waals surface area contributed by atoms with Crippen molar-refractivity contribution in [1.82, 2.24) is 0 Å². The summed E-state index contributed by atoms with van der Waals surface area (Å²) in [5.41, 5.74) is 0. The predicted molar refractivity (Wildman–Crippen MR) is 289 cm³/mol. The minimum atomic E-state index is -0.577. The molecule has 66 heavy (non-hydrogen) atoms. The first kappa shape index (κ1) is 66.2. The van der Waals surface area contributed by atoms with Crippen molar-refractivity contribution in [3.8, 4) is 0 Å². The summed E-state index contributed by atoms with van der Waals surface area (Å²) < 4.78 is 4.99. The molecule has 5 heteroatoms. The van der Waals surface area contributed by atoms with E-state index in [9.17, 15) is 19.5 Å². The SMILES string of the molecule is CCCCCCCCC=CCCCCCCCC(=O)OC(=O)CCCCCCCC=CCCCCCCCC.CCCCCCCCCCCCCCCCCCC(CCCCC)C(=O)O. The number of carbonyl (C=O) groups excluding carboxylic acids is 2. The van der Waals surface area contributed by atoms with Gasteiger partial charge in [-0.05, 0) is 77.0 Å². The number of unbranched alkanes of at least 4 members (excludes halogenated alkanes) is 39. The van der Waals surface area contributed by atoms with Crippen molar-refractivity contribution in [3.05, 3.63) is 24.3 Å². The quantitative estimate of drug-likeness (QED) is 0.0284. The van der Waals surface area contributed by atoms with Crippen LogP contribution in [0.3, 0.4) is 0 Å². The van der Waals surface area contributed by atoms with Crippen LogP contribution in [0.2, 0.25) is 0 Å². The number of aliphatic carboxylic acids is 1. The summed E-state index contributed by atoms with van der Waals surface area (Å²) >= 11 is 0. The Morgan fingerprint density at radius 1 is 0.318 bits per heavy atom. The molecule has 0 saturated heterocycles. The van der Waals surface area contributed by atoms with Gasteiger partial charge in [-0.3, -0.25) is 14.4 Å². The van der Waals surface area contributed by atoms with Crippen molar-refractivity contribution >= 4 is 17.9 Å². The van der Waals surface area contributed by atoms with Crippen LogP contribution in [0.25, 0.3) is 0 Å². The standard InChI is InChI=1S/C36H66O3.C25H50O2/c1-3-5-7-9-11-13-15-17-19-21-23-25-27-29-31-33-35(37)39-36(38)34-32-30-28-26-24-22-20-18-16-14-12-10-8-6-4-2;1-3-5-7-8-9-10-11-12-13-14-15-16-17-18-19-21-23-24(25(26)27)22-20-6-4-2/h17-20H,3-16,21-34H2,1-2H3;24H,3-23H2,1-2H3,(H,26,27). The van der Waals surface area contributed by atoms with Gasteiger partial charge < -0.3 is 9.84 Å². The lowest BCUT2D eigenvalue weighted by atomic mass is 9.94. The van der Waals surface area contributed by atoms with Crippen molar-refractivity contribution in [2.45, 2.75) is 342 Å². The van der Waals surface area contributed by atoms with Gasteiger partial charge in [0.1, 0.15) is 0 Å². The summed E-state index contributed by atoms with van der Waals surface area (Å²) in [6, 6.07) is 0. The molecule has 0 saturated carbocycles. The molecule has 1 atom stereocenters. The monoisotopic (exact) mass is 929 g/mol. The highest BCUT2D eigenvalue weighted by atomic mass is 16.6. The van der Waals surface area contributed by atoms with E-state index in [2.05, 4.69) is 52.0 Å². The molecule has 0 aliphatic carbocycles. The summed E-state index contributed by atoms with van der Waals surface area (Å²) in [7, 11) is 0. The van der Waals surface area contributed by atoms with E-state index in [1.165, 1.54) is 238 Å². The van der Waals surface area contributed by atoms with Crippen LogP contribution in [0.5, 0.6) is 0 Å². The molecule has 0 amide bonds. The molecule has 0 aliphatic heterocycles. The molecule has 5 nitrogen and oxygen atoms in total. The first-order valence-electron chi connectivity index (χ1n) is 29.7. The van der Waals surface area contributed by atoms with Crippen molar-refractivity contribution in [1.29, 1.82) is 0 Å². The largest absolute Gasteiger partial charge is 0.481 e. The van der Waals surface area contributed by atoms with Crippen LogP contribution >= 0.6 is 0 Å². The lowest BCUT2D eigenvalue weighted by Crippen LogP contribution is -2.13. The number of hydrogen-bond donors (Lipinski definition) is 1. The fraction of sp³-hybridized carbons (Fsp3) is 0.885. The van der Waals surface area contributed by atoms with Crippen LogP contribution in [0.4, 0.5) is 0 Å². The second-order valence-corrected chi connectivity index (χ2v) is 20.1. The van der Waals surface area contributed by atoms with Gasteiger partial charge in [-0.25, -0.2) is 0 Å². The molecule has 1 N–H and O–H groups in total. The normalized spacial score (nSPS) is 11.9. The van der Waals surface area contributed by atoms with Gasteiger partial charge in [-0.15, -0.1) is 0 Å². The van der Waals surface area contributed by atoms with Gasteiger partial charge in [0.25, 0.3) is 0 Å². The molecule has 0 bridgehead atoms. The number of carboxylic acids is 1. The molecule has 0 aromatic carbocycles. The third-order valence-corrected chi connectivity index (χ3v) is 13.4. The third-order valence-electron chi connectivity index (χ3n) is 13.4. The third kappa shape index (κ3) is 58.2. The van der Waals surface area contributed by atoms with Gasteiger partial charge in [-0.2, -0.15) is 0 Å². The van der Waals surface area contributed by atoms with E-state index in [0.717, 1.165) is 64.2 Å². The van der Waals surface area contributed by atoms with Gasteiger partial charge in [0.15, 0.2) is 0 Å². The number of carboxylic acid groups (broad SMARTS) is 1. The van der Waals surface area contributed by atoms with Crippen LogP contribution in [0.15, 0.2) is 24.3 Å². The van der Waals surface area contributed by atoms with E-state index in [4.69, 9.17) is 4.74 Å². The van der Waals surface area contributed by atoms with Gasteiger partial charge >= 0.3 is 17.9 Å². The van der Waals surface area contributed by atoms with Crippen LogP contribution in [-0.2, 0) is 19.1 Å². The second kappa shape index (κ2) is 59.2. The summed E-state index contributed by atoms with van der Waals surface area (Å²) in [5.74, 6) is -1.36. The summed E-state index contributed by atoms with van der Waals surface area (Å²) in [6.07, 6.45) is 69.4. The molecule has 0 aromatic heterocycles. The predicted octanol–water partition coefficient (Wildman–Crippen LogP) is 21.1. The number of hydrogen-bond acceptors (Lipinski definition) is 4. The Balaban J connectivity index is 0. The van der Waals surface area contributed by atoms with Crippen LogP contribution in [-0.4, -0.2) is 23.0 Å².